The number of aliphatic hydroxyl groups excluding tert-OH is 2. The Labute approximate surface area is 443 Å². The van der Waals surface area contributed by atoms with Crippen molar-refractivity contribution in [2.75, 3.05) is 0 Å². The van der Waals surface area contributed by atoms with Crippen molar-refractivity contribution in [1.82, 2.24) is 9.97 Å². The summed E-state index contributed by atoms with van der Waals surface area (Å²) in [6.07, 6.45) is 6.28. The zero-order valence-corrected chi connectivity index (χ0v) is 46.5. The van der Waals surface area contributed by atoms with Crippen LogP contribution in [0.2, 0.25) is 0 Å². The van der Waals surface area contributed by atoms with E-state index in [1.807, 2.05) is 186 Å². The van der Waals surface area contributed by atoms with Crippen molar-refractivity contribution in [3.8, 4) is 22.5 Å². The number of carbonyl (C=O) groups excluding carboxylic acids is 2. The maximum Gasteiger partial charge on any atom is 0.190 e. The first-order chi connectivity index (χ1) is 32.3. The Hall–Kier alpha value is -6.32. The Balaban J connectivity index is 0.000000225. The molecule has 2 N–H and O–H groups in total. The van der Waals surface area contributed by atoms with Gasteiger partial charge in [-0.1, -0.05) is 95.1 Å². The molecule has 0 atom stereocenters. The van der Waals surface area contributed by atoms with E-state index in [-0.39, 0.29) is 65.2 Å². The smallest absolute Gasteiger partial charge is 0.190 e. The molecule has 8 rings (SSSR count). The van der Waals surface area contributed by atoms with E-state index in [4.69, 9.17) is 0 Å². The van der Waals surface area contributed by atoms with Crippen LogP contribution in [0.5, 0.6) is 0 Å². The normalized spacial score (nSPS) is 11.0. The second-order valence-electron chi connectivity index (χ2n) is 17.9. The maximum absolute atomic E-state index is 12.6. The molecule has 364 valence electrons. The number of rotatable bonds is 8. The first-order valence-electron chi connectivity index (χ1n) is 22.7. The predicted molar refractivity (Wildman–Crippen MR) is 281 cm³/mol. The van der Waals surface area contributed by atoms with Crippen molar-refractivity contribution in [1.29, 1.82) is 0 Å². The van der Waals surface area contributed by atoms with Crippen LogP contribution in [0, 0.1) is 95.2 Å². The molecule has 0 aliphatic heterocycles. The third-order valence-corrected chi connectivity index (χ3v) is 11.9. The summed E-state index contributed by atoms with van der Waals surface area (Å²) in [5.41, 5.74) is 18.9. The van der Waals surface area contributed by atoms with E-state index in [0.717, 1.165) is 111 Å². The predicted octanol–water partition coefficient (Wildman–Crippen LogP) is 15.2. The van der Waals surface area contributed by atoms with Gasteiger partial charge in [0.05, 0.1) is 0 Å². The average Bonchev–Trinajstić information content (AvgIpc) is 3.25. The average molecular weight is 1290 g/mol. The number of fused-ring (bicyclic) bond motifs is 1. The van der Waals surface area contributed by atoms with Crippen molar-refractivity contribution in [3.63, 3.8) is 0 Å². The van der Waals surface area contributed by atoms with Gasteiger partial charge >= 0.3 is 0 Å². The van der Waals surface area contributed by atoms with Crippen LogP contribution in [0.4, 0.5) is 0 Å². The van der Waals surface area contributed by atoms with Crippen LogP contribution < -0.4 is 0 Å². The molecule has 2 heterocycles. The third-order valence-electron chi connectivity index (χ3n) is 11.9. The third kappa shape index (κ3) is 13.7. The Morgan fingerprint density at radius 2 is 0.814 bits per heavy atom. The van der Waals surface area contributed by atoms with Gasteiger partial charge in [-0.25, -0.2) is 0 Å². The molecule has 8 heteroatoms. The fourth-order valence-electron chi connectivity index (χ4n) is 9.38. The SMILES string of the molecule is Cc1cc(C)c(C(=O)/C=C(\O)c2c(C)cc(C)cc2C)c(C)c1.Cc1cc(C)c(C(=O)/C=C(\O)c2c(C)cc(C)cc2C)c(C)c1.[Pt].[Pt].[c-]1cc2cc[c-]c(-c3ccccn3)c2cc1-c1ccccn1. The molecule has 0 saturated carbocycles. The number of benzene rings is 6. The molecule has 70 heavy (non-hydrogen) atoms. The van der Waals surface area contributed by atoms with E-state index in [0.29, 0.717) is 11.1 Å². The molecule has 0 saturated heterocycles. The van der Waals surface area contributed by atoms with Gasteiger partial charge in [0, 0.05) is 88.9 Å². The van der Waals surface area contributed by atoms with E-state index in [9.17, 15) is 19.8 Å². The quantitative estimate of drug-likeness (QED) is 0.0680. The van der Waals surface area contributed by atoms with Gasteiger partial charge in [-0.3, -0.25) is 9.59 Å². The van der Waals surface area contributed by atoms with Gasteiger partial charge in [-0.15, -0.1) is 23.3 Å². The van der Waals surface area contributed by atoms with E-state index in [1.165, 1.54) is 12.2 Å². The van der Waals surface area contributed by atoms with E-state index in [1.54, 1.807) is 12.4 Å². The van der Waals surface area contributed by atoms with Crippen molar-refractivity contribution in [3.05, 3.63) is 235 Å². The van der Waals surface area contributed by atoms with Crippen molar-refractivity contribution < 1.29 is 61.9 Å². The molecule has 2 aromatic heterocycles. The zero-order chi connectivity index (χ0) is 49.4. The monoisotopic (exact) mass is 1290 g/mol. The number of aryl methyl sites for hydroxylation is 12. The fourth-order valence-corrected chi connectivity index (χ4v) is 9.38. The number of aromatic nitrogens is 2. The number of nitrogens with zero attached hydrogens (tertiary/aromatic N) is 2. The number of ketones is 2. The summed E-state index contributed by atoms with van der Waals surface area (Å²) in [5, 5.41) is 23.2. The van der Waals surface area contributed by atoms with Crippen LogP contribution in [0.3, 0.4) is 0 Å². The van der Waals surface area contributed by atoms with Gasteiger partial charge in [0.15, 0.2) is 11.6 Å². The van der Waals surface area contributed by atoms with Gasteiger partial charge in [-0.05, 0) is 151 Å². The Morgan fingerprint density at radius 3 is 1.17 bits per heavy atom. The topological polar surface area (TPSA) is 100 Å². The Kier molecular flexibility index (Phi) is 20.1. The summed E-state index contributed by atoms with van der Waals surface area (Å²) in [6.45, 7) is 23.6. The molecule has 8 aromatic rings. The zero-order valence-electron chi connectivity index (χ0n) is 41.9. The summed E-state index contributed by atoms with van der Waals surface area (Å²) in [6, 6.07) is 42.5. The van der Waals surface area contributed by atoms with Crippen LogP contribution in [0.25, 0.3) is 44.8 Å². The van der Waals surface area contributed by atoms with Crippen molar-refractivity contribution >= 4 is 33.9 Å². The molecule has 0 aliphatic carbocycles. The summed E-state index contributed by atoms with van der Waals surface area (Å²) >= 11 is 0. The van der Waals surface area contributed by atoms with Gasteiger partial charge in [0.1, 0.15) is 11.5 Å². The van der Waals surface area contributed by atoms with Gasteiger partial charge in [-0.2, -0.15) is 35.0 Å². The second kappa shape index (κ2) is 25.0. The molecular formula is C62H60N2O4Pt2-2. The number of carbonyl (C=O) groups is 2. The number of allylic oxidation sites excluding steroid dienone is 2. The first kappa shape index (κ1) is 56.3. The van der Waals surface area contributed by atoms with Gasteiger partial charge in [0.2, 0.25) is 0 Å². The van der Waals surface area contributed by atoms with Crippen LogP contribution in [-0.4, -0.2) is 31.7 Å². The number of aliphatic hydroxyl groups is 2. The molecule has 0 spiro atoms. The molecule has 6 aromatic carbocycles. The molecular weight excluding hydrogens is 1230 g/mol. The minimum Gasteiger partial charge on any atom is -0.507 e. The molecule has 0 unspecified atom stereocenters. The molecule has 6 nitrogen and oxygen atoms in total. The van der Waals surface area contributed by atoms with Crippen LogP contribution >= 0.6 is 0 Å². The van der Waals surface area contributed by atoms with E-state index in [2.05, 4.69) is 28.2 Å². The number of hydrogen-bond donors (Lipinski definition) is 2. The van der Waals surface area contributed by atoms with Crippen molar-refractivity contribution in [2.45, 2.75) is 83.1 Å². The fraction of sp³-hybridized carbons (Fsp3) is 0.194. The van der Waals surface area contributed by atoms with Crippen molar-refractivity contribution in [2.24, 2.45) is 0 Å². The summed E-state index contributed by atoms with van der Waals surface area (Å²) < 4.78 is 0. The molecule has 0 amide bonds. The second-order valence-corrected chi connectivity index (χ2v) is 17.9. The molecule has 0 fully saturated rings. The minimum absolute atomic E-state index is 0. The first-order valence-corrected chi connectivity index (χ1v) is 22.7. The number of hydrogen-bond acceptors (Lipinski definition) is 6. The summed E-state index contributed by atoms with van der Waals surface area (Å²) in [5.74, 6) is -0.248. The van der Waals surface area contributed by atoms with E-state index >= 15 is 0 Å². The Bertz CT molecular complexity index is 3010. The van der Waals surface area contributed by atoms with Gasteiger partial charge < -0.3 is 20.2 Å². The van der Waals surface area contributed by atoms with Crippen LogP contribution in [0.15, 0.2) is 134 Å². The summed E-state index contributed by atoms with van der Waals surface area (Å²) in [4.78, 5) is 34.1. The summed E-state index contributed by atoms with van der Waals surface area (Å²) in [7, 11) is 0. The largest absolute Gasteiger partial charge is 0.507 e. The van der Waals surface area contributed by atoms with Crippen LogP contribution in [0.1, 0.15) is 98.6 Å². The van der Waals surface area contributed by atoms with E-state index < -0.39 is 0 Å². The van der Waals surface area contributed by atoms with Crippen LogP contribution in [-0.2, 0) is 42.1 Å². The minimum atomic E-state index is -0.156. The Morgan fingerprint density at radius 1 is 0.457 bits per heavy atom. The molecule has 0 radical (unpaired) electrons. The molecule has 0 aliphatic rings. The standard InChI is InChI=1S/2C21H24O2.C20H12N2.2Pt/c2*1-12-7-14(3)20(15(4)8-12)18(22)11-19(23)21-16(5)9-13(2)10-17(21)6;1-3-12-21-19(8-1)16-11-10-15-6-5-7-17(18(15)14-16)20-9-2-4-13-22-20;;/h2*7-11,22H,1-6H3;1-6,8-10,12-14H;;/q;;-2;;/b2*18-11-;;;. The van der Waals surface area contributed by atoms with Gasteiger partial charge in [0.25, 0.3) is 0 Å². The number of pyridine rings is 2. The maximum atomic E-state index is 12.6. The molecule has 0 bridgehead atoms.